The van der Waals surface area contributed by atoms with Crippen molar-refractivity contribution in [3.63, 3.8) is 0 Å². The van der Waals surface area contributed by atoms with Gasteiger partial charge in [0.15, 0.2) is 0 Å². The van der Waals surface area contributed by atoms with E-state index >= 15 is 0 Å². The van der Waals surface area contributed by atoms with Crippen LogP contribution in [0.5, 0.6) is 0 Å². The number of hydrogen-bond donors (Lipinski definition) is 3. The Labute approximate surface area is 181 Å². The number of aliphatic hydroxyl groups is 1. The molecule has 0 saturated heterocycles. The first-order chi connectivity index (χ1) is 13.5. The molecule has 3 rings (SSSR count). The van der Waals surface area contributed by atoms with Gasteiger partial charge in [-0.25, -0.2) is 22.5 Å². The predicted molar refractivity (Wildman–Crippen MR) is 114 cm³/mol. The number of aromatic nitrogens is 2. The fourth-order valence-corrected chi connectivity index (χ4v) is 4.46. The lowest BCUT2D eigenvalue weighted by Gasteiger charge is -2.18. The first-order valence-corrected chi connectivity index (χ1v) is 11.1. The fraction of sp³-hybridized carbons (Fsp3) is 0.211. The number of halogens is 3. The van der Waals surface area contributed by atoms with Gasteiger partial charge in [0.1, 0.15) is 16.5 Å². The van der Waals surface area contributed by atoms with Crippen LogP contribution in [0.25, 0.3) is 22.6 Å². The molecule has 3 aromatic rings. The van der Waals surface area contributed by atoms with E-state index in [0.717, 1.165) is 0 Å². The molecule has 0 saturated carbocycles. The van der Waals surface area contributed by atoms with E-state index in [1.165, 1.54) is 38.2 Å². The second-order valence-corrected chi connectivity index (χ2v) is 10.1. The molecule has 6 nitrogen and oxygen atoms in total. The van der Waals surface area contributed by atoms with Crippen molar-refractivity contribution in [2.45, 2.75) is 24.3 Å². The van der Waals surface area contributed by atoms with Crippen molar-refractivity contribution in [2.75, 3.05) is 6.54 Å². The van der Waals surface area contributed by atoms with E-state index in [4.69, 9.17) is 11.6 Å². The second-order valence-electron chi connectivity index (χ2n) is 7.06. The van der Waals surface area contributed by atoms with Crippen LogP contribution in [-0.4, -0.2) is 35.6 Å². The zero-order valence-electron chi connectivity index (χ0n) is 15.5. The molecular formula is C19H18BrClFN3O3S. The first kappa shape index (κ1) is 21.9. The number of aromatic amines is 1. The van der Waals surface area contributed by atoms with Crippen LogP contribution < -0.4 is 4.72 Å². The minimum absolute atomic E-state index is 0.0405. The molecule has 154 valence electrons. The summed E-state index contributed by atoms with van der Waals surface area (Å²) in [4.78, 5) is 7.19. The van der Waals surface area contributed by atoms with Crippen molar-refractivity contribution in [2.24, 2.45) is 0 Å². The molecule has 0 radical (unpaired) electrons. The largest absolute Gasteiger partial charge is 0.389 e. The highest BCUT2D eigenvalue weighted by Gasteiger charge is 2.23. The van der Waals surface area contributed by atoms with E-state index < -0.39 is 21.4 Å². The number of nitrogens with zero attached hydrogens (tertiary/aromatic N) is 1. The molecule has 0 aliphatic heterocycles. The zero-order chi connectivity index (χ0) is 21.4. The summed E-state index contributed by atoms with van der Waals surface area (Å²) >= 11 is 9.20. The third-order valence-electron chi connectivity index (χ3n) is 4.00. The molecule has 29 heavy (non-hydrogen) atoms. The van der Waals surface area contributed by atoms with Gasteiger partial charge in [0.25, 0.3) is 0 Å². The third-order valence-corrected chi connectivity index (χ3v) is 6.52. The van der Waals surface area contributed by atoms with Crippen molar-refractivity contribution in [3.8, 4) is 22.6 Å². The summed E-state index contributed by atoms with van der Waals surface area (Å²) in [7, 11) is -3.95. The van der Waals surface area contributed by atoms with Gasteiger partial charge in [0.05, 0.1) is 27.0 Å². The van der Waals surface area contributed by atoms with Crippen LogP contribution in [0, 0.1) is 5.82 Å². The molecule has 0 spiro atoms. The summed E-state index contributed by atoms with van der Waals surface area (Å²) in [6.07, 6.45) is 1.54. The molecule has 0 bridgehead atoms. The molecule has 0 atom stereocenters. The number of sulfonamides is 1. The quantitative estimate of drug-likeness (QED) is 0.467. The Kier molecular flexibility index (Phi) is 6.16. The molecule has 0 aliphatic carbocycles. The van der Waals surface area contributed by atoms with Crippen molar-refractivity contribution >= 4 is 37.6 Å². The molecule has 2 aromatic carbocycles. The van der Waals surface area contributed by atoms with Gasteiger partial charge in [-0.2, -0.15) is 0 Å². The third kappa shape index (κ3) is 5.23. The molecule has 10 heteroatoms. The average molecular weight is 503 g/mol. The minimum atomic E-state index is -3.95. The molecule has 1 aromatic heterocycles. The lowest BCUT2D eigenvalue weighted by atomic mass is 10.1. The maximum absolute atomic E-state index is 13.8. The SMILES string of the molecule is CC(C)(O)CNS(=O)(=O)c1cc(-c2ncc(-c3ccc(Br)c(F)c3)[nH]2)ccc1Cl. The van der Waals surface area contributed by atoms with Crippen molar-refractivity contribution in [3.05, 3.63) is 57.9 Å². The lowest BCUT2D eigenvalue weighted by molar-refractivity contribution is 0.0857. The van der Waals surface area contributed by atoms with Gasteiger partial charge in [-0.3, -0.25) is 0 Å². The number of hydrogen-bond acceptors (Lipinski definition) is 4. The van der Waals surface area contributed by atoms with Crippen LogP contribution in [0.15, 0.2) is 52.0 Å². The summed E-state index contributed by atoms with van der Waals surface area (Å²) in [5.41, 5.74) is 0.443. The highest BCUT2D eigenvalue weighted by molar-refractivity contribution is 9.10. The zero-order valence-corrected chi connectivity index (χ0v) is 18.7. The molecule has 3 N–H and O–H groups in total. The standard InChI is InChI=1S/C19H18BrClFN3O3S/c1-19(2,26)10-24-29(27,28)17-8-12(4-6-14(17)21)18-23-9-16(25-18)11-3-5-13(20)15(22)7-11/h3-9,24,26H,10H2,1-2H3,(H,23,25). The van der Waals surface area contributed by atoms with Gasteiger partial charge < -0.3 is 10.1 Å². The summed E-state index contributed by atoms with van der Waals surface area (Å²) < 4.78 is 41.7. The molecule has 0 unspecified atom stereocenters. The van der Waals surface area contributed by atoms with Crippen LogP contribution in [0.2, 0.25) is 5.02 Å². The summed E-state index contributed by atoms with van der Waals surface area (Å²) in [6.45, 7) is 2.81. The van der Waals surface area contributed by atoms with Crippen LogP contribution in [-0.2, 0) is 10.0 Å². The van der Waals surface area contributed by atoms with Gasteiger partial charge in [0.2, 0.25) is 10.0 Å². The highest BCUT2D eigenvalue weighted by atomic mass is 79.9. The summed E-state index contributed by atoms with van der Waals surface area (Å²) in [5.74, 6) is -0.00432. The summed E-state index contributed by atoms with van der Waals surface area (Å²) in [5, 5.41) is 9.81. The Morgan fingerprint density at radius 1 is 1.24 bits per heavy atom. The van der Waals surface area contributed by atoms with Crippen LogP contribution in [0.3, 0.4) is 0 Å². The van der Waals surface area contributed by atoms with Gasteiger partial charge in [-0.15, -0.1) is 0 Å². The van der Waals surface area contributed by atoms with Crippen LogP contribution in [0.4, 0.5) is 4.39 Å². The fourth-order valence-electron chi connectivity index (χ4n) is 2.48. The van der Waals surface area contributed by atoms with Crippen molar-refractivity contribution in [1.29, 1.82) is 0 Å². The van der Waals surface area contributed by atoms with Gasteiger partial charge in [-0.1, -0.05) is 17.7 Å². The smallest absolute Gasteiger partial charge is 0.242 e. The maximum Gasteiger partial charge on any atom is 0.242 e. The van der Waals surface area contributed by atoms with E-state index in [1.807, 2.05) is 0 Å². The molecule has 0 aliphatic rings. The number of benzene rings is 2. The van der Waals surface area contributed by atoms with Crippen molar-refractivity contribution < 1.29 is 17.9 Å². The summed E-state index contributed by atoms with van der Waals surface area (Å²) in [6, 6.07) is 9.15. The van der Waals surface area contributed by atoms with Crippen LogP contribution in [0.1, 0.15) is 13.8 Å². The number of nitrogens with one attached hydrogen (secondary N) is 2. The lowest BCUT2D eigenvalue weighted by Crippen LogP contribution is -2.38. The minimum Gasteiger partial charge on any atom is -0.389 e. The van der Waals surface area contributed by atoms with Crippen LogP contribution >= 0.6 is 27.5 Å². The number of H-pyrrole nitrogens is 1. The van der Waals surface area contributed by atoms with E-state index in [0.29, 0.717) is 27.1 Å². The van der Waals surface area contributed by atoms with E-state index in [1.54, 1.807) is 18.2 Å². The Balaban J connectivity index is 1.94. The number of imidazole rings is 1. The van der Waals surface area contributed by atoms with Crippen molar-refractivity contribution in [1.82, 2.24) is 14.7 Å². The Morgan fingerprint density at radius 2 is 1.93 bits per heavy atom. The van der Waals surface area contributed by atoms with Gasteiger partial charge in [0, 0.05) is 17.7 Å². The second kappa shape index (κ2) is 8.16. The molecule has 1 heterocycles. The Morgan fingerprint density at radius 3 is 2.59 bits per heavy atom. The predicted octanol–water partition coefficient (Wildman–Crippen LogP) is 4.35. The highest BCUT2D eigenvalue weighted by Crippen LogP contribution is 2.29. The molecule has 0 fully saturated rings. The normalized spacial score (nSPS) is 12.3. The van der Waals surface area contributed by atoms with E-state index in [9.17, 15) is 17.9 Å². The Bertz CT molecular complexity index is 1160. The number of rotatable bonds is 6. The monoisotopic (exact) mass is 501 g/mol. The molecular weight excluding hydrogens is 485 g/mol. The van der Waals surface area contributed by atoms with E-state index in [2.05, 4.69) is 30.6 Å². The molecule has 0 amide bonds. The first-order valence-electron chi connectivity index (χ1n) is 8.49. The van der Waals surface area contributed by atoms with Gasteiger partial charge >= 0.3 is 0 Å². The van der Waals surface area contributed by atoms with Gasteiger partial charge in [-0.05, 0) is 60.1 Å². The Hall–Kier alpha value is -1.78. The van der Waals surface area contributed by atoms with E-state index in [-0.39, 0.29) is 16.5 Å². The topological polar surface area (TPSA) is 95.1 Å². The average Bonchev–Trinajstić information content (AvgIpc) is 3.12. The maximum atomic E-state index is 13.8.